The molecule has 1 unspecified atom stereocenters. The normalized spacial score (nSPS) is 12.0. The van der Waals surface area contributed by atoms with E-state index in [1.807, 2.05) is 0 Å². The summed E-state index contributed by atoms with van der Waals surface area (Å²) >= 11 is 1.44. The molecule has 0 amide bonds. The maximum Gasteiger partial charge on any atom is 0.203 e. The fraction of sp³-hybridized carbons (Fsp3) is 0.250. The third-order valence-corrected chi connectivity index (χ3v) is 5.08. The van der Waals surface area contributed by atoms with Crippen molar-refractivity contribution in [1.82, 2.24) is 4.98 Å². The summed E-state index contributed by atoms with van der Waals surface area (Å²) in [4.78, 5) is 4.28. The molecule has 0 aliphatic carbocycles. The van der Waals surface area contributed by atoms with Gasteiger partial charge in [-0.15, -0.1) is 11.3 Å². The lowest BCUT2D eigenvalue weighted by Crippen LogP contribution is -2.28. The van der Waals surface area contributed by atoms with Crippen LogP contribution in [0.5, 0.6) is 0 Å². The first-order chi connectivity index (χ1) is 13.5. The minimum atomic E-state index is -1.22. The predicted octanol–water partition coefficient (Wildman–Crippen LogP) is 5.37. The number of hydrogen-bond donors (Lipinski definition) is 3. The molecule has 1 aromatic heterocycles. The highest BCUT2D eigenvalue weighted by molar-refractivity contribution is 7.15. The average molecular weight is 407 g/mol. The van der Waals surface area contributed by atoms with Gasteiger partial charge in [0, 0.05) is 0 Å². The van der Waals surface area contributed by atoms with Crippen molar-refractivity contribution in [2.24, 2.45) is 0 Å². The molecule has 0 saturated carbocycles. The SMILES string of the molecule is CCCCc1ncc(NC(O)Nc2ccc(-c3ccc(F)c(F)c3)cc2F)s1. The Morgan fingerprint density at radius 3 is 2.39 bits per heavy atom. The lowest BCUT2D eigenvalue weighted by atomic mass is 10.0. The number of nitrogens with one attached hydrogen (secondary N) is 2. The molecular formula is C20H20F3N3OS. The van der Waals surface area contributed by atoms with Crippen LogP contribution in [0.3, 0.4) is 0 Å². The van der Waals surface area contributed by atoms with Crippen molar-refractivity contribution in [2.75, 3.05) is 10.6 Å². The first-order valence-electron chi connectivity index (χ1n) is 8.87. The van der Waals surface area contributed by atoms with E-state index in [1.165, 1.54) is 29.5 Å². The lowest BCUT2D eigenvalue weighted by molar-refractivity contribution is 0.232. The number of thiazole rings is 1. The first kappa shape index (κ1) is 20.2. The predicted molar refractivity (Wildman–Crippen MR) is 106 cm³/mol. The van der Waals surface area contributed by atoms with Crippen molar-refractivity contribution < 1.29 is 18.3 Å². The van der Waals surface area contributed by atoms with E-state index in [-0.39, 0.29) is 5.69 Å². The van der Waals surface area contributed by atoms with E-state index in [1.54, 1.807) is 12.3 Å². The fourth-order valence-electron chi connectivity index (χ4n) is 2.63. The van der Waals surface area contributed by atoms with Crippen LogP contribution in [0.25, 0.3) is 11.1 Å². The average Bonchev–Trinajstić information content (AvgIpc) is 3.11. The molecule has 3 rings (SSSR count). The summed E-state index contributed by atoms with van der Waals surface area (Å²) in [5, 5.41) is 17.2. The number of aliphatic hydroxyl groups is 1. The van der Waals surface area contributed by atoms with Gasteiger partial charge in [-0.25, -0.2) is 18.2 Å². The Morgan fingerprint density at radius 2 is 1.71 bits per heavy atom. The van der Waals surface area contributed by atoms with E-state index in [4.69, 9.17) is 0 Å². The summed E-state index contributed by atoms with van der Waals surface area (Å²) in [5.41, 5.74) is 0.821. The second-order valence-electron chi connectivity index (χ2n) is 6.24. The molecule has 1 atom stereocenters. The van der Waals surface area contributed by atoms with Crippen molar-refractivity contribution in [2.45, 2.75) is 32.5 Å². The molecule has 0 spiro atoms. The van der Waals surface area contributed by atoms with Gasteiger partial charge in [0.2, 0.25) is 6.35 Å². The van der Waals surface area contributed by atoms with Gasteiger partial charge in [0.25, 0.3) is 0 Å². The molecule has 0 radical (unpaired) electrons. The molecule has 0 fully saturated rings. The molecule has 3 N–H and O–H groups in total. The summed E-state index contributed by atoms with van der Waals surface area (Å²) in [5.74, 6) is -2.59. The van der Waals surface area contributed by atoms with Gasteiger partial charge in [0.05, 0.1) is 16.9 Å². The first-order valence-corrected chi connectivity index (χ1v) is 9.68. The van der Waals surface area contributed by atoms with Gasteiger partial charge in [-0.1, -0.05) is 25.5 Å². The quantitative estimate of drug-likeness (QED) is 0.440. The third-order valence-electron chi connectivity index (χ3n) is 4.09. The van der Waals surface area contributed by atoms with Gasteiger partial charge >= 0.3 is 0 Å². The Labute approximate surface area is 165 Å². The molecular weight excluding hydrogens is 387 g/mol. The van der Waals surface area contributed by atoms with E-state index in [0.717, 1.165) is 36.4 Å². The number of benzene rings is 2. The van der Waals surface area contributed by atoms with E-state index in [9.17, 15) is 18.3 Å². The van der Waals surface area contributed by atoms with E-state index >= 15 is 0 Å². The summed E-state index contributed by atoms with van der Waals surface area (Å²) in [6.45, 7) is 2.10. The highest BCUT2D eigenvalue weighted by Crippen LogP contribution is 2.26. The van der Waals surface area contributed by atoms with Crippen molar-refractivity contribution >= 4 is 22.0 Å². The molecule has 0 aliphatic rings. The molecule has 3 aromatic rings. The largest absolute Gasteiger partial charge is 0.357 e. The second kappa shape index (κ2) is 9.07. The number of nitrogens with zero attached hydrogens (tertiary/aromatic N) is 1. The van der Waals surface area contributed by atoms with Crippen molar-refractivity contribution in [3.8, 4) is 11.1 Å². The Kier molecular flexibility index (Phi) is 6.53. The van der Waals surface area contributed by atoms with Crippen LogP contribution in [-0.4, -0.2) is 16.4 Å². The molecule has 0 bridgehead atoms. The smallest absolute Gasteiger partial charge is 0.203 e. The van der Waals surface area contributed by atoms with E-state index in [2.05, 4.69) is 22.5 Å². The number of halogens is 3. The van der Waals surface area contributed by atoms with Crippen LogP contribution >= 0.6 is 11.3 Å². The van der Waals surface area contributed by atoms with E-state index in [0.29, 0.717) is 16.1 Å². The number of hydrogen-bond acceptors (Lipinski definition) is 5. The van der Waals surface area contributed by atoms with Crippen LogP contribution < -0.4 is 10.6 Å². The zero-order chi connectivity index (χ0) is 20.1. The van der Waals surface area contributed by atoms with Gasteiger partial charge < -0.3 is 15.7 Å². The Morgan fingerprint density at radius 1 is 1.00 bits per heavy atom. The zero-order valence-electron chi connectivity index (χ0n) is 15.2. The van der Waals surface area contributed by atoms with Gasteiger partial charge in [-0.2, -0.15) is 0 Å². The third kappa shape index (κ3) is 5.02. The second-order valence-corrected chi connectivity index (χ2v) is 7.35. The van der Waals surface area contributed by atoms with Crippen LogP contribution in [-0.2, 0) is 6.42 Å². The van der Waals surface area contributed by atoms with Crippen LogP contribution in [0, 0.1) is 17.5 Å². The van der Waals surface area contributed by atoms with Crippen LogP contribution in [0.15, 0.2) is 42.6 Å². The number of anilines is 2. The summed E-state index contributed by atoms with van der Waals surface area (Å²) in [6.07, 6.45) is 3.41. The minimum Gasteiger partial charge on any atom is -0.357 e. The lowest BCUT2D eigenvalue weighted by Gasteiger charge is -2.16. The summed E-state index contributed by atoms with van der Waals surface area (Å²) < 4.78 is 40.8. The molecule has 2 aromatic carbocycles. The summed E-state index contributed by atoms with van der Waals surface area (Å²) in [7, 11) is 0. The minimum absolute atomic E-state index is 0.0713. The zero-order valence-corrected chi connectivity index (χ0v) is 16.0. The number of rotatable bonds is 8. The standard InChI is InChI=1S/C20H20F3N3OS/c1-2-3-4-18-24-11-19(28-18)26-20(27)25-17-8-6-13(10-16(17)23)12-5-7-14(21)15(22)9-12/h5-11,20,25-27H,2-4H2,1H3. The molecule has 8 heteroatoms. The van der Waals surface area contributed by atoms with Crippen LogP contribution in [0.1, 0.15) is 24.8 Å². The topological polar surface area (TPSA) is 57.2 Å². The van der Waals surface area contributed by atoms with Gasteiger partial charge in [0.15, 0.2) is 11.6 Å². The van der Waals surface area contributed by atoms with Gasteiger partial charge in [-0.3, -0.25) is 0 Å². The molecule has 28 heavy (non-hydrogen) atoms. The Hall–Kier alpha value is -2.58. The van der Waals surface area contributed by atoms with E-state index < -0.39 is 23.8 Å². The number of aromatic nitrogens is 1. The van der Waals surface area contributed by atoms with Crippen molar-refractivity contribution in [3.05, 3.63) is 65.1 Å². The van der Waals surface area contributed by atoms with Crippen LogP contribution in [0.4, 0.5) is 23.9 Å². The Balaban J connectivity index is 1.65. The van der Waals surface area contributed by atoms with Gasteiger partial charge in [-0.05, 0) is 48.2 Å². The highest BCUT2D eigenvalue weighted by atomic mass is 32.1. The van der Waals surface area contributed by atoms with Crippen LogP contribution in [0.2, 0.25) is 0 Å². The monoisotopic (exact) mass is 407 g/mol. The maximum absolute atomic E-state index is 14.4. The molecule has 148 valence electrons. The number of unbranched alkanes of at least 4 members (excludes halogenated alkanes) is 1. The molecule has 4 nitrogen and oxygen atoms in total. The van der Waals surface area contributed by atoms with Gasteiger partial charge in [0.1, 0.15) is 10.8 Å². The molecule has 1 heterocycles. The molecule has 0 aliphatic heterocycles. The van der Waals surface area contributed by atoms with Crippen molar-refractivity contribution in [1.29, 1.82) is 0 Å². The highest BCUT2D eigenvalue weighted by Gasteiger charge is 2.12. The maximum atomic E-state index is 14.4. The summed E-state index contributed by atoms with van der Waals surface area (Å²) in [6, 6.07) is 7.55. The fourth-order valence-corrected chi connectivity index (χ4v) is 3.51. The number of aliphatic hydroxyl groups excluding tert-OH is 1. The number of aryl methyl sites for hydroxylation is 1. The molecule has 0 saturated heterocycles. The van der Waals surface area contributed by atoms with Crippen molar-refractivity contribution in [3.63, 3.8) is 0 Å². The Bertz CT molecular complexity index is 948.